The van der Waals surface area contributed by atoms with Gasteiger partial charge in [-0.2, -0.15) is 4.98 Å². The molecule has 2 heterocycles. The van der Waals surface area contributed by atoms with Crippen molar-refractivity contribution in [3.63, 3.8) is 0 Å². The van der Waals surface area contributed by atoms with E-state index in [9.17, 15) is 4.79 Å². The van der Waals surface area contributed by atoms with E-state index in [0.29, 0.717) is 36.9 Å². The van der Waals surface area contributed by atoms with Crippen molar-refractivity contribution in [2.24, 2.45) is 5.92 Å². The van der Waals surface area contributed by atoms with Crippen LogP contribution >= 0.6 is 0 Å². The Bertz CT molecular complexity index is 666. The molecule has 3 rings (SSSR count). The Labute approximate surface area is 148 Å². The summed E-state index contributed by atoms with van der Waals surface area (Å²) in [7, 11) is 0. The zero-order chi connectivity index (χ0) is 17.5. The highest BCUT2D eigenvalue weighted by Gasteiger charge is 2.21. The fourth-order valence-electron chi connectivity index (χ4n) is 3.06. The van der Waals surface area contributed by atoms with E-state index in [1.165, 1.54) is 0 Å². The Kier molecular flexibility index (Phi) is 6.17. The standard InChI is InChI=1S/C19H25N3O3/c1-2-22(13-16-10-11-24-14-16)19(23)9-8-18-20-17(21-25-18)12-15-6-4-3-5-7-15/h3-7,16H,2,8-14H2,1H3/t16-/m1/s1. The lowest BCUT2D eigenvalue weighted by atomic mass is 10.1. The summed E-state index contributed by atoms with van der Waals surface area (Å²) in [6, 6.07) is 10.0. The Morgan fingerprint density at radius 3 is 2.88 bits per heavy atom. The molecule has 0 spiro atoms. The number of hydrogen-bond donors (Lipinski definition) is 0. The molecular formula is C19H25N3O3. The lowest BCUT2D eigenvalue weighted by Gasteiger charge is -2.23. The number of amides is 1. The van der Waals surface area contributed by atoms with Gasteiger partial charge in [0.25, 0.3) is 0 Å². The molecule has 1 aromatic carbocycles. The van der Waals surface area contributed by atoms with Gasteiger partial charge >= 0.3 is 0 Å². The molecule has 6 heteroatoms. The summed E-state index contributed by atoms with van der Waals surface area (Å²) in [5, 5.41) is 4.01. The number of aryl methyl sites for hydroxylation is 1. The van der Waals surface area contributed by atoms with Gasteiger partial charge in [-0.15, -0.1) is 0 Å². The molecule has 1 aliphatic rings. The highest BCUT2D eigenvalue weighted by atomic mass is 16.5. The first kappa shape index (κ1) is 17.6. The second-order valence-electron chi connectivity index (χ2n) is 6.43. The van der Waals surface area contributed by atoms with Crippen LogP contribution in [0.3, 0.4) is 0 Å². The van der Waals surface area contributed by atoms with Crippen molar-refractivity contribution in [1.82, 2.24) is 15.0 Å². The second-order valence-corrected chi connectivity index (χ2v) is 6.43. The number of nitrogens with zero attached hydrogens (tertiary/aromatic N) is 3. The maximum atomic E-state index is 12.4. The first-order valence-electron chi connectivity index (χ1n) is 8.95. The van der Waals surface area contributed by atoms with E-state index in [0.717, 1.165) is 38.3 Å². The highest BCUT2D eigenvalue weighted by molar-refractivity contribution is 5.76. The summed E-state index contributed by atoms with van der Waals surface area (Å²) in [5.74, 6) is 1.78. The summed E-state index contributed by atoms with van der Waals surface area (Å²) >= 11 is 0. The van der Waals surface area contributed by atoms with Crippen LogP contribution < -0.4 is 0 Å². The number of carbonyl (C=O) groups excluding carboxylic acids is 1. The van der Waals surface area contributed by atoms with Crippen molar-refractivity contribution in [3.8, 4) is 0 Å². The van der Waals surface area contributed by atoms with Crippen molar-refractivity contribution < 1.29 is 14.1 Å². The molecule has 0 bridgehead atoms. The minimum absolute atomic E-state index is 0.136. The number of ether oxygens (including phenoxy) is 1. The van der Waals surface area contributed by atoms with E-state index in [-0.39, 0.29) is 5.91 Å². The SMILES string of the molecule is CCN(C[C@H]1CCOC1)C(=O)CCc1nc(Cc2ccccc2)no1. The van der Waals surface area contributed by atoms with Crippen LogP contribution in [0.2, 0.25) is 0 Å². The third kappa shape index (κ3) is 5.13. The Balaban J connectivity index is 1.48. The van der Waals surface area contributed by atoms with Gasteiger partial charge < -0.3 is 14.2 Å². The van der Waals surface area contributed by atoms with Gasteiger partial charge in [-0.05, 0) is 18.9 Å². The molecule has 0 aliphatic carbocycles. The van der Waals surface area contributed by atoms with Crippen LogP contribution in [0.1, 0.15) is 37.0 Å². The molecule has 1 amide bonds. The molecule has 6 nitrogen and oxygen atoms in total. The van der Waals surface area contributed by atoms with Crippen LogP contribution in [0.15, 0.2) is 34.9 Å². The minimum Gasteiger partial charge on any atom is -0.381 e. The fraction of sp³-hybridized carbons (Fsp3) is 0.526. The maximum Gasteiger partial charge on any atom is 0.227 e. The van der Waals surface area contributed by atoms with E-state index in [1.54, 1.807) is 0 Å². The number of rotatable bonds is 8. The lowest BCUT2D eigenvalue weighted by Crippen LogP contribution is -2.35. The fourth-order valence-corrected chi connectivity index (χ4v) is 3.06. The summed E-state index contributed by atoms with van der Waals surface area (Å²) in [6.07, 6.45) is 2.56. The number of hydrogen-bond acceptors (Lipinski definition) is 5. The van der Waals surface area contributed by atoms with Crippen LogP contribution in [0, 0.1) is 5.92 Å². The van der Waals surface area contributed by atoms with Gasteiger partial charge in [0.2, 0.25) is 11.8 Å². The van der Waals surface area contributed by atoms with Gasteiger partial charge in [-0.25, -0.2) is 0 Å². The first-order valence-corrected chi connectivity index (χ1v) is 8.95. The van der Waals surface area contributed by atoms with Crippen LogP contribution in [0.5, 0.6) is 0 Å². The Hall–Kier alpha value is -2.21. The van der Waals surface area contributed by atoms with Crippen molar-refractivity contribution in [1.29, 1.82) is 0 Å². The molecule has 1 saturated heterocycles. The van der Waals surface area contributed by atoms with Crippen molar-refractivity contribution in [2.45, 2.75) is 32.6 Å². The second kappa shape index (κ2) is 8.76. The zero-order valence-corrected chi connectivity index (χ0v) is 14.7. The van der Waals surface area contributed by atoms with Crippen molar-refractivity contribution in [3.05, 3.63) is 47.6 Å². The van der Waals surface area contributed by atoms with Crippen molar-refractivity contribution >= 4 is 5.91 Å². The summed E-state index contributed by atoms with van der Waals surface area (Å²) in [5.41, 5.74) is 1.14. The van der Waals surface area contributed by atoms with Gasteiger partial charge in [0.05, 0.1) is 6.61 Å². The van der Waals surface area contributed by atoms with Crippen LogP contribution in [-0.4, -0.2) is 47.3 Å². The molecule has 0 saturated carbocycles. The molecule has 0 radical (unpaired) electrons. The van der Waals surface area contributed by atoms with E-state index in [2.05, 4.69) is 10.1 Å². The summed E-state index contributed by atoms with van der Waals surface area (Å²) in [6.45, 7) is 5.08. The number of carbonyl (C=O) groups is 1. The zero-order valence-electron chi connectivity index (χ0n) is 14.7. The molecule has 1 fully saturated rings. The van der Waals surface area contributed by atoms with E-state index >= 15 is 0 Å². The Morgan fingerprint density at radius 2 is 2.16 bits per heavy atom. The summed E-state index contributed by atoms with van der Waals surface area (Å²) in [4.78, 5) is 18.7. The third-order valence-electron chi connectivity index (χ3n) is 4.50. The van der Waals surface area contributed by atoms with E-state index in [4.69, 9.17) is 9.26 Å². The smallest absolute Gasteiger partial charge is 0.227 e. The topological polar surface area (TPSA) is 68.5 Å². The Morgan fingerprint density at radius 1 is 1.32 bits per heavy atom. The molecule has 0 unspecified atom stereocenters. The van der Waals surface area contributed by atoms with Crippen LogP contribution in [0.25, 0.3) is 0 Å². The number of benzene rings is 1. The maximum absolute atomic E-state index is 12.4. The molecule has 25 heavy (non-hydrogen) atoms. The van der Waals surface area contributed by atoms with Crippen molar-refractivity contribution in [2.75, 3.05) is 26.3 Å². The van der Waals surface area contributed by atoms with Crippen LogP contribution in [-0.2, 0) is 22.4 Å². The van der Waals surface area contributed by atoms with Gasteiger partial charge in [0.15, 0.2) is 5.82 Å². The van der Waals surface area contributed by atoms with Gasteiger partial charge in [-0.3, -0.25) is 4.79 Å². The summed E-state index contributed by atoms with van der Waals surface area (Å²) < 4.78 is 10.7. The average Bonchev–Trinajstić information content (AvgIpc) is 3.30. The minimum atomic E-state index is 0.136. The molecule has 1 aliphatic heterocycles. The van der Waals surface area contributed by atoms with Gasteiger partial charge in [-0.1, -0.05) is 35.5 Å². The van der Waals surface area contributed by atoms with Crippen LogP contribution in [0.4, 0.5) is 0 Å². The average molecular weight is 343 g/mol. The predicted octanol–water partition coefficient (Wildman–Crippen LogP) is 2.48. The molecule has 2 aromatic rings. The first-order chi connectivity index (χ1) is 12.2. The molecule has 1 atom stereocenters. The van der Waals surface area contributed by atoms with E-state index in [1.807, 2.05) is 42.2 Å². The predicted molar refractivity (Wildman–Crippen MR) is 93.0 cm³/mol. The largest absolute Gasteiger partial charge is 0.381 e. The normalized spacial score (nSPS) is 16.9. The molecule has 134 valence electrons. The number of aromatic nitrogens is 2. The lowest BCUT2D eigenvalue weighted by molar-refractivity contribution is -0.131. The quantitative estimate of drug-likeness (QED) is 0.736. The molecular weight excluding hydrogens is 318 g/mol. The highest BCUT2D eigenvalue weighted by Crippen LogP contribution is 2.15. The molecule has 0 N–H and O–H groups in total. The van der Waals surface area contributed by atoms with Gasteiger partial charge in [0, 0.05) is 44.9 Å². The molecule has 1 aromatic heterocycles. The third-order valence-corrected chi connectivity index (χ3v) is 4.50. The van der Waals surface area contributed by atoms with E-state index < -0.39 is 0 Å². The van der Waals surface area contributed by atoms with Gasteiger partial charge in [0.1, 0.15) is 0 Å². The monoisotopic (exact) mass is 343 g/mol.